The molecule has 1 aromatic carbocycles. The lowest BCUT2D eigenvalue weighted by Crippen LogP contribution is -2.37. The van der Waals surface area contributed by atoms with E-state index in [-0.39, 0.29) is 22.7 Å². The van der Waals surface area contributed by atoms with Gasteiger partial charge in [0.15, 0.2) is 0 Å². The number of aromatic nitrogens is 2. The summed E-state index contributed by atoms with van der Waals surface area (Å²) in [5.74, 6) is 1.21. The fraction of sp³-hybridized carbons (Fsp3) is 0.250. The van der Waals surface area contributed by atoms with Crippen molar-refractivity contribution < 1.29 is 4.79 Å². The minimum absolute atomic E-state index is 0.190. The molecule has 0 bridgehead atoms. The van der Waals surface area contributed by atoms with E-state index in [0.717, 1.165) is 5.88 Å². The van der Waals surface area contributed by atoms with Gasteiger partial charge in [-0.15, -0.1) is 11.8 Å². The number of thioether (sulfide) groups is 1. The van der Waals surface area contributed by atoms with Gasteiger partial charge in [0.2, 0.25) is 5.91 Å². The smallest absolute Gasteiger partial charge is 0.272 e. The van der Waals surface area contributed by atoms with Crippen molar-refractivity contribution in [2.24, 2.45) is 0 Å². The van der Waals surface area contributed by atoms with Crippen LogP contribution in [-0.2, 0) is 4.79 Å². The Kier molecular flexibility index (Phi) is 3.33. The standard InChI is InChI=1S/C12H12N4O3S/c17-10-6-2-1-3-7(9(6)12(19)16-15-10)14-11(18)8-4-20-5-13-8/h1-3,8,13H,4-5H2,(H,14,18)(H,15,17)(H,16,19). The van der Waals surface area contributed by atoms with E-state index in [0.29, 0.717) is 11.4 Å². The molecule has 1 aliphatic heterocycles. The highest BCUT2D eigenvalue weighted by atomic mass is 32.2. The maximum absolute atomic E-state index is 12.1. The van der Waals surface area contributed by atoms with E-state index in [9.17, 15) is 14.4 Å². The first-order chi connectivity index (χ1) is 9.66. The number of benzene rings is 1. The maximum atomic E-state index is 12.1. The summed E-state index contributed by atoms with van der Waals surface area (Å²) >= 11 is 1.64. The molecule has 1 fully saturated rings. The number of H-pyrrole nitrogens is 2. The molecule has 2 heterocycles. The molecule has 1 atom stereocenters. The number of amides is 1. The second-order valence-corrected chi connectivity index (χ2v) is 5.43. The molecule has 3 rings (SSSR count). The Bertz CT molecular complexity index is 776. The van der Waals surface area contributed by atoms with Gasteiger partial charge in [-0.05, 0) is 12.1 Å². The summed E-state index contributed by atoms with van der Waals surface area (Å²) in [5, 5.41) is 10.7. The molecule has 1 unspecified atom stereocenters. The molecule has 0 aliphatic carbocycles. The molecular weight excluding hydrogens is 280 g/mol. The molecular formula is C12H12N4O3S. The van der Waals surface area contributed by atoms with Crippen molar-refractivity contribution in [2.45, 2.75) is 6.04 Å². The number of carbonyl (C=O) groups is 1. The first kappa shape index (κ1) is 12.9. The number of rotatable bonds is 2. The van der Waals surface area contributed by atoms with Crippen LogP contribution >= 0.6 is 11.8 Å². The topological polar surface area (TPSA) is 107 Å². The molecule has 0 saturated carbocycles. The Labute approximate surface area is 117 Å². The number of aromatic amines is 2. The van der Waals surface area contributed by atoms with E-state index in [4.69, 9.17) is 0 Å². The first-order valence-corrected chi connectivity index (χ1v) is 7.18. The van der Waals surface area contributed by atoms with Crippen LogP contribution in [0.5, 0.6) is 0 Å². The van der Waals surface area contributed by atoms with Crippen LogP contribution in [0.1, 0.15) is 0 Å². The summed E-state index contributed by atoms with van der Waals surface area (Å²) in [6.07, 6.45) is 0. The van der Waals surface area contributed by atoms with Gasteiger partial charge in [-0.25, -0.2) is 0 Å². The molecule has 1 aliphatic rings. The SMILES string of the molecule is O=C(Nc1cccc2c(=O)[nH][nH]c(=O)c12)C1CSCN1. The Morgan fingerprint density at radius 2 is 2.05 bits per heavy atom. The summed E-state index contributed by atoms with van der Waals surface area (Å²) in [5.41, 5.74) is -0.493. The molecule has 1 saturated heterocycles. The van der Waals surface area contributed by atoms with Gasteiger partial charge in [0.1, 0.15) is 0 Å². The molecule has 104 valence electrons. The molecule has 0 spiro atoms. The number of nitrogens with one attached hydrogen (secondary N) is 4. The Hall–Kier alpha value is -2.06. The van der Waals surface area contributed by atoms with Gasteiger partial charge in [0.05, 0.1) is 22.5 Å². The second kappa shape index (κ2) is 5.14. The van der Waals surface area contributed by atoms with Crippen molar-refractivity contribution in [3.05, 3.63) is 38.9 Å². The zero-order chi connectivity index (χ0) is 14.1. The highest BCUT2D eigenvalue weighted by molar-refractivity contribution is 7.99. The summed E-state index contributed by atoms with van der Waals surface area (Å²) in [4.78, 5) is 35.6. The highest BCUT2D eigenvalue weighted by Crippen LogP contribution is 2.18. The molecule has 1 amide bonds. The van der Waals surface area contributed by atoms with Gasteiger partial charge in [-0.1, -0.05) is 6.07 Å². The minimum atomic E-state index is -0.441. The van der Waals surface area contributed by atoms with Gasteiger partial charge in [-0.2, -0.15) is 0 Å². The van der Waals surface area contributed by atoms with Crippen LogP contribution in [0.4, 0.5) is 5.69 Å². The molecule has 0 radical (unpaired) electrons. The Morgan fingerprint density at radius 1 is 1.25 bits per heavy atom. The number of anilines is 1. The van der Waals surface area contributed by atoms with Gasteiger partial charge in [0, 0.05) is 11.6 Å². The average molecular weight is 292 g/mol. The molecule has 4 N–H and O–H groups in total. The van der Waals surface area contributed by atoms with Gasteiger partial charge in [-0.3, -0.25) is 29.9 Å². The van der Waals surface area contributed by atoms with Crippen molar-refractivity contribution in [3.8, 4) is 0 Å². The highest BCUT2D eigenvalue weighted by Gasteiger charge is 2.23. The first-order valence-electron chi connectivity index (χ1n) is 6.02. The normalized spacial score (nSPS) is 18.3. The van der Waals surface area contributed by atoms with Crippen LogP contribution in [-0.4, -0.2) is 33.8 Å². The average Bonchev–Trinajstić information content (AvgIpc) is 2.97. The van der Waals surface area contributed by atoms with Gasteiger partial charge in [0.25, 0.3) is 11.1 Å². The number of hydrogen-bond donors (Lipinski definition) is 4. The maximum Gasteiger partial charge on any atom is 0.272 e. The van der Waals surface area contributed by atoms with Crippen LogP contribution in [0.15, 0.2) is 27.8 Å². The largest absolute Gasteiger partial charge is 0.324 e. The third kappa shape index (κ3) is 2.23. The van der Waals surface area contributed by atoms with Crippen LogP contribution < -0.4 is 21.8 Å². The van der Waals surface area contributed by atoms with Crippen molar-refractivity contribution in [1.82, 2.24) is 15.5 Å². The van der Waals surface area contributed by atoms with E-state index in [2.05, 4.69) is 20.8 Å². The summed E-state index contributed by atoms with van der Waals surface area (Å²) in [6.45, 7) is 0. The molecule has 8 heteroatoms. The molecule has 1 aromatic heterocycles. The monoisotopic (exact) mass is 292 g/mol. The van der Waals surface area contributed by atoms with E-state index >= 15 is 0 Å². The van der Waals surface area contributed by atoms with Gasteiger partial charge < -0.3 is 5.32 Å². The molecule has 2 aromatic rings. The van der Waals surface area contributed by atoms with Crippen LogP contribution in [0.25, 0.3) is 10.8 Å². The number of carbonyl (C=O) groups excluding carboxylic acids is 1. The van der Waals surface area contributed by atoms with E-state index < -0.39 is 11.1 Å². The van der Waals surface area contributed by atoms with Crippen molar-refractivity contribution in [1.29, 1.82) is 0 Å². The van der Waals surface area contributed by atoms with Gasteiger partial charge >= 0.3 is 0 Å². The quantitative estimate of drug-likeness (QED) is 0.614. The Balaban J connectivity index is 2.03. The lowest BCUT2D eigenvalue weighted by atomic mass is 10.1. The number of hydrogen-bond acceptors (Lipinski definition) is 5. The summed E-state index contributed by atoms with van der Waals surface area (Å²) in [7, 11) is 0. The van der Waals surface area contributed by atoms with Crippen LogP contribution in [0.2, 0.25) is 0 Å². The summed E-state index contributed by atoms with van der Waals surface area (Å²) < 4.78 is 0. The van der Waals surface area contributed by atoms with E-state index in [1.165, 1.54) is 0 Å². The number of fused-ring (bicyclic) bond motifs is 1. The predicted molar refractivity (Wildman–Crippen MR) is 78.1 cm³/mol. The fourth-order valence-electron chi connectivity index (χ4n) is 2.12. The molecule has 20 heavy (non-hydrogen) atoms. The zero-order valence-electron chi connectivity index (χ0n) is 10.4. The summed E-state index contributed by atoms with van der Waals surface area (Å²) in [6, 6.07) is 4.50. The van der Waals surface area contributed by atoms with Crippen molar-refractivity contribution >= 4 is 34.1 Å². The van der Waals surface area contributed by atoms with E-state index in [1.54, 1.807) is 30.0 Å². The molecule has 7 nitrogen and oxygen atoms in total. The predicted octanol–water partition coefficient (Wildman–Crippen LogP) is -0.183. The fourth-order valence-corrected chi connectivity index (χ4v) is 3.06. The third-order valence-corrected chi connectivity index (χ3v) is 4.06. The van der Waals surface area contributed by atoms with Crippen molar-refractivity contribution in [3.63, 3.8) is 0 Å². The lowest BCUT2D eigenvalue weighted by Gasteiger charge is -2.11. The zero-order valence-corrected chi connectivity index (χ0v) is 11.2. The van der Waals surface area contributed by atoms with E-state index in [1.807, 2.05) is 0 Å². The minimum Gasteiger partial charge on any atom is -0.324 e. The lowest BCUT2D eigenvalue weighted by molar-refractivity contribution is -0.117. The third-order valence-electron chi connectivity index (χ3n) is 3.12. The van der Waals surface area contributed by atoms with Crippen LogP contribution in [0, 0.1) is 0 Å². The van der Waals surface area contributed by atoms with Crippen molar-refractivity contribution in [2.75, 3.05) is 16.9 Å². The second-order valence-electron chi connectivity index (χ2n) is 4.40. The van der Waals surface area contributed by atoms with Crippen LogP contribution in [0.3, 0.4) is 0 Å². The Morgan fingerprint density at radius 3 is 2.80 bits per heavy atom.